The van der Waals surface area contributed by atoms with Crippen LogP contribution in [0.15, 0.2) is 84.6 Å². The van der Waals surface area contributed by atoms with Crippen LogP contribution < -0.4 is 5.19 Å². The van der Waals surface area contributed by atoms with Crippen molar-refractivity contribution in [1.29, 1.82) is 0 Å². The summed E-state index contributed by atoms with van der Waals surface area (Å²) < 4.78 is 0. The quantitative estimate of drug-likeness (QED) is 0.0978. The monoisotopic (exact) mass is 754 g/mol. The number of aliphatic hydroxyl groups is 1. The Morgan fingerprint density at radius 2 is 1.57 bits per heavy atom. The zero-order chi connectivity index (χ0) is 30.6. The van der Waals surface area contributed by atoms with Gasteiger partial charge >= 0.3 is 0 Å². The number of aromatic nitrogens is 1. The third-order valence-corrected chi connectivity index (χ3v) is 8.77. The Morgan fingerprint density at radius 3 is 2.12 bits per heavy atom. The van der Waals surface area contributed by atoms with E-state index < -0.39 is 13.5 Å². The van der Waals surface area contributed by atoms with Crippen molar-refractivity contribution in [3.8, 4) is 22.4 Å². The van der Waals surface area contributed by atoms with Crippen molar-refractivity contribution >= 4 is 35.6 Å². The Hall–Kier alpha value is -3.36. The number of ketones is 1. The first-order valence-corrected chi connectivity index (χ1v) is 17.4. The molecule has 4 nitrogen and oxygen atoms in total. The molecule has 0 bridgehead atoms. The normalized spacial score (nSPS) is 12.0. The third-order valence-electron chi connectivity index (χ3n) is 6.73. The number of pyridine rings is 1. The number of aliphatic hydroxyl groups excluding tert-OH is 1. The van der Waals surface area contributed by atoms with Gasteiger partial charge in [0.15, 0.2) is 5.78 Å². The summed E-state index contributed by atoms with van der Waals surface area (Å²) in [6.45, 7) is 25.5. The van der Waals surface area contributed by atoms with E-state index in [1.54, 1.807) is 12.1 Å². The number of allylic oxidation sites excluding steroid dienone is 2. The zero-order valence-corrected chi connectivity index (χ0v) is 29.5. The van der Waals surface area contributed by atoms with Crippen LogP contribution in [0.3, 0.4) is 0 Å². The average Bonchev–Trinajstić information content (AvgIpc) is 2.91. The minimum atomic E-state index is -1.43. The minimum Gasteiger partial charge on any atom is -0.512 e. The van der Waals surface area contributed by atoms with Crippen molar-refractivity contribution in [1.82, 2.24) is 4.98 Å². The molecule has 3 aromatic carbocycles. The standard InChI is InChI=1S/C25H21N2Si.C11H20O2.Ir/c1-26-20-12-8-11-19(15-20)25-17-22(18-9-6-5-7-10-18)23-16-21(28(2,3)4)13-14-24(23)27-25;1-10(2,3)8(12)7-9(13)11(4,5)6;/h5-10,12-17H,2-4H3;7,12H,1-6H3;/q-1;;/b;8-7-;. The molecule has 0 atom stereocenters. The number of benzene rings is 3. The number of carbonyl (C=O) groups is 1. The van der Waals surface area contributed by atoms with Crippen LogP contribution in [-0.2, 0) is 24.9 Å². The molecule has 0 amide bonds. The summed E-state index contributed by atoms with van der Waals surface area (Å²) in [7, 11) is -1.43. The van der Waals surface area contributed by atoms with Crippen LogP contribution in [-0.4, -0.2) is 23.9 Å². The van der Waals surface area contributed by atoms with E-state index in [4.69, 9.17) is 11.6 Å². The molecule has 0 unspecified atom stereocenters. The molecule has 0 aliphatic rings. The van der Waals surface area contributed by atoms with E-state index in [1.165, 1.54) is 27.8 Å². The van der Waals surface area contributed by atoms with Gasteiger partial charge in [-0.2, -0.15) is 6.07 Å². The van der Waals surface area contributed by atoms with Gasteiger partial charge in [0.2, 0.25) is 0 Å². The fraction of sp³-hybridized carbons (Fsp3) is 0.306. The summed E-state index contributed by atoms with van der Waals surface area (Å²) in [6, 6.07) is 27.9. The summed E-state index contributed by atoms with van der Waals surface area (Å²) in [5.74, 6) is 0.104. The van der Waals surface area contributed by atoms with Gasteiger partial charge in [-0.25, -0.2) is 0 Å². The van der Waals surface area contributed by atoms with Gasteiger partial charge in [-0.15, -0.1) is 23.8 Å². The summed E-state index contributed by atoms with van der Waals surface area (Å²) in [4.78, 5) is 19.9. The van der Waals surface area contributed by atoms with Gasteiger partial charge in [-0.05, 0) is 22.9 Å². The molecule has 6 heteroatoms. The second-order valence-corrected chi connectivity index (χ2v) is 18.4. The molecule has 0 aliphatic carbocycles. The van der Waals surface area contributed by atoms with Crippen LogP contribution in [0.1, 0.15) is 41.5 Å². The summed E-state index contributed by atoms with van der Waals surface area (Å²) in [5, 5.41) is 12.2. The maximum Gasteiger partial charge on any atom is 0.164 e. The molecular weight excluding hydrogens is 713 g/mol. The van der Waals surface area contributed by atoms with Crippen molar-refractivity contribution in [3.63, 3.8) is 0 Å². The van der Waals surface area contributed by atoms with Crippen molar-refractivity contribution in [3.05, 3.63) is 102 Å². The van der Waals surface area contributed by atoms with Crippen LogP contribution >= 0.6 is 0 Å². The number of carbonyl (C=O) groups excluding carboxylic acids is 1. The average molecular weight is 754 g/mol. The smallest absolute Gasteiger partial charge is 0.164 e. The molecule has 1 radical (unpaired) electrons. The number of fused-ring (bicyclic) bond motifs is 1. The van der Waals surface area contributed by atoms with Crippen molar-refractivity contribution in [2.75, 3.05) is 0 Å². The Morgan fingerprint density at radius 1 is 0.929 bits per heavy atom. The SMILES string of the molecule is CC(C)(C)C(=O)/C=C(\O)C(C)(C)C.[C-]#[N+]c1cc[c-]c(-c2cc(-c3ccccc3)c3cc([Si](C)(C)C)ccc3n2)c1.[Ir]. The summed E-state index contributed by atoms with van der Waals surface area (Å²) >= 11 is 0. The summed E-state index contributed by atoms with van der Waals surface area (Å²) in [6.07, 6.45) is 1.33. The predicted octanol–water partition coefficient (Wildman–Crippen LogP) is 9.55. The van der Waals surface area contributed by atoms with Gasteiger partial charge < -0.3 is 5.11 Å². The topological polar surface area (TPSA) is 54.5 Å². The van der Waals surface area contributed by atoms with Crippen LogP contribution in [0.2, 0.25) is 19.6 Å². The molecule has 1 aromatic heterocycles. The first-order valence-electron chi connectivity index (χ1n) is 13.9. The first-order chi connectivity index (χ1) is 19.0. The van der Waals surface area contributed by atoms with E-state index in [2.05, 4.69) is 79.1 Å². The van der Waals surface area contributed by atoms with Gasteiger partial charge in [0, 0.05) is 42.4 Å². The first kappa shape index (κ1) is 34.8. The third kappa shape index (κ3) is 9.07. The molecule has 0 fully saturated rings. The fourth-order valence-electron chi connectivity index (χ4n) is 3.92. The van der Waals surface area contributed by atoms with E-state index in [1.807, 2.05) is 53.7 Å². The zero-order valence-electron chi connectivity index (χ0n) is 26.1. The molecule has 0 saturated heterocycles. The van der Waals surface area contributed by atoms with E-state index in [0.29, 0.717) is 5.69 Å². The number of hydrogen-bond acceptors (Lipinski definition) is 3. The molecular formula is C36H41IrN2O2Si-. The Kier molecular flexibility index (Phi) is 11.4. The largest absolute Gasteiger partial charge is 0.512 e. The molecule has 42 heavy (non-hydrogen) atoms. The van der Waals surface area contributed by atoms with Gasteiger partial charge in [0.05, 0.1) is 20.2 Å². The molecule has 0 aliphatic heterocycles. The van der Waals surface area contributed by atoms with Gasteiger partial charge in [0.25, 0.3) is 0 Å². The van der Waals surface area contributed by atoms with Gasteiger partial charge in [0.1, 0.15) is 11.4 Å². The fourth-order valence-corrected chi connectivity index (χ4v) is 5.08. The second-order valence-electron chi connectivity index (χ2n) is 13.4. The molecule has 1 N–H and O–H groups in total. The van der Waals surface area contributed by atoms with Crippen LogP contribution in [0, 0.1) is 23.5 Å². The van der Waals surface area contributed by atoms with Gasteiger partial charge in [-0.3, -0.25) is 14.6 Å². The van der Waals surface area contributed by atoms with E-state index in [0.717, 1.165) is 16.8 Å². The molecule has 0 saturated carbocycles. The molecule has 4 rings (SSSR count). The van der Waals surface area contributed by atoms with E-state index >= 15 is 0 Å². The maximum atomic E-state index is 11.5. The van der Waals surface area contributed by atoms with Crippen molar-refractivity contribution < 1.29 is 30.0 Å². The number of nitrogens with zero attached hydrogens (tertiary/aromatic N) is 2. The summed E-state index contributed by atoms with van der Waals surface area (Å²) in [5.41, 5.74) is 4.85. The number of hydrogen-bond donors (Lipinski definition) is 1. The molecule has 1 heterocycles. The van der Waals surface area contributed by atoms with Gasteiger partial charge in [-0.1, -0.05) is 115 Å². The Balaban J connectivity index is 0.000000377. The number of rotatable bonds is 4. The van der Waals surface area contributed by atoms with Crippen LogP contribution in [0.25, 0.3) is 38.1 Å². The Labute approximate surface area is 266 Å². The predicted molar refractivity (Wildman–Crippen MR) is 175 cm³/mol. The molecule has 4 aromatic rings. The van der Waals surface area contributed by atoms with Crippen molar-refractivity contribution in [2.45, 2.75) is 61.2 Å². The van der Waals surface area contributed by atoms with E-state index in [9.17, 15) is 9.90 Å². The molecule has 221 valence electrons. The van der Waals surface area contributed by atoms with Crippen molar-refractivity contribution in [2.24, 2.45) is 10.8 Å². The second kappa shape index (κ2) is 13.7. The Bertz CT molecular complexity index is 1620. The minimum absolute atomic E-state index is 0. The molecule has 0 spiro atoms. The van der Waals surface area contributed by atoms with E-state index in [-0.39, 0.29) is 37.1 Å². The van der Waals surface area contributed by atoms with Crippen LogP contribution in [0.4, 0.5) is 5.69 Å². The maximum absolute atomic E-state index is 11.5. The van der Waals surface area contributed by atoms with Crippen LogP contribution in [0.5, 0.6) is 0 Å².